The molecule has 3 unspecified atom stereocenters. The Bertz CT molecular complexity index is 2940. The highest BCUT2D eigenvalue weighted by atomic mass is 32.1. The summed E-state index contributed by atoms with van der Waals surface area (Å²) in [4.78, 5) is 0. The molecule has 0 radical (unpaired) electrons. The Hall–Kier alpha value is -5.76. The minimum absolute atomic E-state index is 0.0559. The van der Waals surface area contributed by atoms with E-state index in [0.717, 1.165) is 33.1 Å². The van der Waals surface area contributed by atoms with Gasteiger partial charge in [-0.1, -0.05) is 109 Å². The number of para-hydroxylation sites is 2. The minimum atomic E-state index is -0.107. The molecule has 3 aromatic heterocycles. The fraction of sp³-hybridized carbons (Fsp3) is 0.0667. The van der Waals surface area contributed by atoms with Crippen molar-refractivity contribution in [3.8, 4) is 5.69 Å². The monoisotopic (exact) mass is 676 g/mol. The second kappa shape index (κ2) is 11.4. The van der Waals surface area contributed by atoms with E-state index in [9.17, 15) is 0 Å². The number of nitrogens with one attached hydrogen (secondary N) is 3. The first kappa shape index (κ1) is 29.0. The number of rotatable bonds is 4. The van der Waals surface area contributed by atoms with Crippen molar-refractivity contribution in [3.05, 3.63) is 174 Å². The SMILES string of the molecule is c1ccc(C2NC(c3ccc4c(c3)c3ccccc3n4-c3ccc4c(c3)oc3ccccc34)NC(c3cccc4c3sc3ccccc34)N2)cc1. The van der Waals surface area contributed by atoms with Crippen LogP contribution in [0.15, 0.2) is 162 Å². The maximum atomic E-state index is 6.32. The van der Waals surface area contributed by atoms with Crippen LogP contribution in [0.2, 0.25) is 0 Å². The summed E-state index contributed by atoms with van der Waals surface area (Å²) in [5, 5.41) is 19.1. The molecule has 0 saturated carbocycles. The Labute approximate surface area is 297 Å². The Morgan fingerprint density at radius 1 is 0.451 bits per heavy atom. The topological polar surface area (TPSA) is 54.2 Å². The molecule has 6 heteroatoms. The van der Waals surface area contributed by atoms with Gasteiger partial charge in [0.2, 0.25) is 0 Å². The minimum Gasteiger partial charge on any atom is -0.456 e. The van der Waals surface area contributed by atoms with E-state index >= 15 is 0 Å². The smallest absolute Gasteiger partial charge is 0.137 e. The lowest BCUT2D eigenvalue weighted by Crippen LogP contribution is -2.54. The summed E-state index contributed by atoms with van der Waals surface area (Å²) in [5.41, 5.74) is 8.88. The third-order valence-electron chi connectivity index (χ3n) is 10.5. The van der Waals surface area contributed by atoms with Gasteiger partial charge in [-0.3, -0.25) is 16.0 Å². The van der Waals surface area contributed by atoms with Gasteiger partial charge in [0.25, 0.3) is 0 Å². The number of aromatic nitrogens is 1. The maximum absolute atomic E-state index is 6.32. The third-order valence-corrected chi connectivity index (χ3v) is 11.8. The van der Waals surface area contributed by atoms with Crippen LogP contribution in [-0.2, 0) is 0 Å². The van der Waals surface area contributed by atoms with Crippen LogP contribution in [0.4, 0.5) is 0 Å². The van der Waals surface area contributed by atoms with Crippen LogP contribution in [0.5, 0.6) is 0 Å². The zero-order chi connectivity index (χ0) is 33.5. The molecule has 10 aromatic rings. The maximum Gasteiger partial charge on any atom is 0.137 e. The van der Waals surface area contributed by atoms with Gasteiger partial charge in [-0.15, -0.1) is 11.3 Å². The molecule has 3 N–H and O–H groups in total. The third kappa shape index (κ3) is 4.58. The lowest BCUT2D eigenvalue weighted by Gasteiger charge is -2.39. The summed E-state index contributed by atoms with van der Waals surface area (Å²) >= 11 is 1.87. The number of hydrogen-bond acceptors (Lipinski definition) is 5. The molecule has 5 nitrogen and oxygen atoms in total. The van der Waals surface area contributed by atoms with E-state index < -0.39 is 0 Å². The lowest BCUT2D eigenvalue weighted by molar-refractivity contribution is 0.204. The van der Waals surface area contributed by atoms with Gasteiger partial charge in [0.15, 0.2) is 0 Å². The van der Waals surface area contributed by atoms with Crippen molar-refractivity contribution < 1.29 is 4.42 Å². The highest BCUT2D eigenvalue weighted by Crippen LogP contribution is 2.40. The van der Waals surface area contributed by atoms with Crippen LogP contribution in [0.25, 0.3) is 69.6 Å². The fourth-order valence-corrected chi connectivity index (χ4v) is 9.40. The summed E-state index contributed by atoms with van der Waals surface area (Å²) in [6.07, 6.45) is -0.241. The summed E-state index contributed by atoms with van der Waals surface area (Å²) < 4.78 is 11.3. The Morgan fingerprint density at radius 2 is 1.14 bits per heavy atom. The predicted octanol–water partition coefficient (Wildman–Crippen LogP) is 11.2. The molecule has 0 amide bonds. The normalized spacial score (nSPS) is 18.2. The van der Waals surface area contributed by atoms with E-state index in [0.29, 0.717) is 0 Å². The van der Waals surface area contributed by atoms with Crippen molar-refractivity contribution in [3.63, 3.8) is 0 Å². The van der Waals surface area contributed by atoms with E-state index in [-0.39, 0.29) is 18.5 Å². The first-order valence-corrected chi connectivity index (χ1v) is 18.3. The molecule has 244 valence electrons. The quantitative estimate of drug-likeness (QED) is 0.174. The predicted molar refractivity (Wildman–Crippen MR) is 211 cm³/mol. The van der Waals surface area contributed by atoms with Crippen LogP contribution < -0.4 is 16.0 Å². The Balaban J connectivity index is 1.04. The molecular formula is C45H32N4OS. The van der Waals surface area contributed by atoms with Crippen LogP contribution in [0, 0.1) is 0 Å². The van der Waals surface area contributed by atoms with Crippen molar-refractivity contribution in [2.45, 2.75) is 18.5 Å². The molecule has 1 aliphatic rings. The van der Waals surface area contributed by atoms with Gasteiger partial charge in [0.05, 0.1) is 29.5 Å². The fourth-order valence-electron chi connectivity index (χ4n) is 8.15. The summed E-state index contributed by atoms with van der Waals surface area (Å²) in [6, 6.07) is 56.6. The molecule has 1 aliphatic heterocycles. The van der Waals surface area contributed by atoms with Gasteiger partial charge < -0.3 is 8.98 Å². The molecule has 4 heterocycles. The molecule has 1 fully saturated rings. The van der Waals surface area contributed by atoms with Gasteiger partial charge in [-0.2, -0.15) is 0 Å². The largest absolute Gasteiger partial charge is 0.456 e. The van der Waals surface area contributed by atoms with Gasteiger partial charge in [0.1, 0.15) is 11.2 Å². The molecule has 3 atom stereocenters. The number of furan rings is 1. The average Bonchev–Trinajstić information content (AvgIpc) is 3.87. The molecule has 0 aliphatic carbocycles. The van der Waals surface area contributed by atoms with E-state index in [1.54, 1.807) is 0 Å². The van der Waals surface area contributed by atoms with E-state index in [4.69, 9.17) is 4.42 Å². The second-order valence-electron chi connectivity index (χ2n) is 13.4. The van der Waals surface area contributed by atoms with E-state index in [2.05, 4.69) is 166 Å². The standard InChI is InChI=1S/C45H32N4OS/c1-2-11-27(12-3-1)43-46-44(48-45(47-43)35-17-10-16-34-33-15-6-9-20-41(33)51-42(34)35)28-21-24-38-36(25-28)30-13-4-7-18-37(30)49(38)29-22-23-32-31-14-5-8-19-39(31)50-40(32)26-29/h1-26,43-48H. The molecule has 7 aromatic carbocycles. The number of benzene rings is 7. The number of fused-ring (bicyclic) bond motifs is 9. The van der Waals surface area contributed by atoms with Crippen LogP contribution >= 0.6 is 11.3 Å². The van der Waals surface area contributed by atoms with E-state index in [1.807, 2.05) is 23.5 Å². The molecule has 0 bridgehead atoms. The van der Waals surface area contributed by atoms with E-state index in [1.165, 1.54) is 53.2 Å². The zero-order valence-corrected chi connectivity index (χ0v) is 28.3. The van der Waals surface area contributed by atoms with Crippen LogP contribution in [0.3, 0.4) is 0 Å². The molecule has 0 spiro atoms. The number of hydrogen-bond donors (Lipinski definition) is 3. The first-order chi connectivity index (χ1) is 25.3. The lowest BCUT2D eigenvalue weighted by atomic mass is 10.0. The highest BCUT2D eigenvalue weighted by molar-refractivity contribution is 7.26. The van der Waals surface area contributed by atoms with Gasteiger partial charge in [-0.25, -0.2) is 0 Å². The van der Waals surface area contributed by atoms with Crippen molar-refractivity contribution in [1.29, 1.82) is 0 Å². The second-order valence-corrected chi connectivity index (χ2v) is 14.5. The molecule has 1 saturated heterocycles. The van der Waals surface area contributed by atoms with Crippen molar-refractivity contribution in [2.75, 3.05) is 0 Å². The van der Waals surface area contributed by atoms with Crippen molar-refractivity contribution >= 4 is 75.3 Å². The summed E-state index contributed by atoms with van der Waals surface area (Å²) in [5.74, 6) is 0. The van der Waals surface area contributed by atoms with Crippen molar-refractivity contribution in [1.82, 2.24) is 20.5 Å². The Morgan fingerprint density at radius 3 is 2.04 bits per heavy atom. The molecular weight excluding hydrogens is 645 g/mol. The average molecular weight is 677 g/mol. The van der Waals surface area contributed by atoms with Gasteiger partial charge >= 0.3 is 0 Å². The highest BCUT2D eigenvalue weighted by Gasteiger charge is 2.31. The summed E-state index contributed by atoms with van der Waals surface area (Å²) in [7, 11) is 0. The molecule has 51 heavy (non-hydrogen) atoms. The van der Waals surface area contributed by atoms with Gasteiger partial charge in [0, 0.05) is 59.0 Å². The molecule has 11 rings (SSSR count). The number of thiophene rings is 1. The zero-order valence-electron chi connectivity index (χ0n) is 27.5. The number of nitrogens with zero attached hydrogens (tertiary/aromatic N) is 1. The van der Waals surface area contributed by atoms with Gasteiger partial charge in [-0.05, 0) is 53.6 Å². The van der Waals surface area contributed by atoms with Crippen LogP contribution in [0.1, 0.15) is 35.2 Å². The Kier molecular flexibility index (Phi) is 6.48. The first-order valence-electron chi connectivity index (χ1n) is 17.4. The van der Waals surface area contributed by atoms with Crippen LogP contribution in [-0.4, -0.2) is 4.57 Å². The summed E-state index contributed by atoms with van der Waals surface area (Å²) in [6.45, 7) is 0. The van der Waals surface area contributed by atoms with Crippen molar-refractivity contribution in [2.24, 2.45) is 0 Å².